The maximum Gasteiger partial charge on any atom is 0.419 e. The summed E-state index contributed by atoms with van der Waals surface area (Å²) < 4.78 is 8.73. The molecule has 8 nitrogen and oxygen atoms in total. The van der Waals surface area contributed by atoms with Gasteiger partial charge in [0.2, 0.25) is 0 Å². The lowest BCUT2D eigenvalue weighted by molar-refractivity contribution is 0.102. The quantitative estimate of drug-likeness (QED) is 0.575. The van der Waals surface area contributed by atoms with Crippen LogP contribution in [0.2, 0.25) is 0 Å². The van der Waals surface area contributed by atoms with Crippen molar-refractivity contribution in [1.82, 2.24) is 18.9 Å². The second kappa shape index (κ2) is 6.97. The van der Waals surface area contributed by atoms with E-state index in [1.54, 1.807) is 29.0 Å². The number of benzene rings is 1. The Bertz CT molecular complexity index is 1230. The van der Waals surface area contributed by atoms with Crippen LogP contribution in [0, 0.1) is 6.92 Å². The van der Waals surface area contributed by atoms with Gasteiger partial charge in [-0.3, -0.25) is 9.36 Å². The van der Waals surface area contributed by atoms with E-state index in [4.69, 9.17) is 4.42 Å². The Morgan fingerprint density at radius 3 is 2.82 bits per heavy atom. The van der Waals surface area contributed by atoms with Crippen LogP contribution in [0.4, 0.5) is 5.69 Å². The van der Waals surface area contributed by atoms with Gasteiger partial charge in [0.05, 0.1) is 5.52 Å². The fraction of sp³-hybridized carbons (Fsp3) is 0.250. The van der Waals surface area contributed by atoms with E-state index in [9.17, 15) is 9.59 Å². The summed E-state index contributed by atoms with van der Waals surface area (Å²) in [5.74, 6) is -0.718. The molecule has 0 saturated carbocycles. The predicted molar refractivity (Wildman–Crippen MR) is 107 cm³/mol. The summed E-state index contributed by atoms with van der Waals surface area (Å²) in [5.41, 5.74) is 3.75. The van der Waals surface area contributed by atoms with Crippen LogP contribution in [0.15, 0.2) is 51.8 Å². The van der Waals surface area contributed by atoms with Gasteiger partial charge in [0.15, 0.2) is 5.58 Å². The number of hydrogen-bond acceptors (Lipinski definition) is 5. The SMILES string of the molecule is Cc1cccc2nc(C(=O)Nc3ccc4oc(=O)n(CCN(C)C)c4c3)cn12. The number of imidazole rings is 1. The van der Waals surface area contributed by atoms with Crippen LogP contribution in [-0.4, -0.2) is 45.4 Å². The summed E-state index contributed by atoms with van der Waals surface area (Å²) in [4.78, 5) is 31.1. The van der Waals surface area contributed by atoms with Crippen LogP contribution >= 0.6 is 0 Å². The summed E-state index contributed by atoms with van der Waals surface area (Å²) >= 11 is 0. The van der Waals surface area contributed by atoms with E-state index < -0.39 is 5.76 Å². The normalized spacial score (nSPS) is 11.6. The zero-order valence-electron chi connectivity index (χ0n) is 16.0. The zero-order valence-corrected chi connectivity index (χ0v) is 16.0. The minimum Gasteiger partial charge on any atom is -0.408 e. The molecule has 0 fully saturated rings. The van der Waals surface area contributed by atoms with E-state index in [2.05, 4.69) is 10.3 Å². The largest absolute Gasteiger partial charge is 0.419 e. The van der Waals surface area contributed by atoms with Crippen LogP contribution in [0.25, 0.3) is 16.7 Å². The standard InChI is InChI=1S/C20H21N5O3/c1-13-5-4-6-18-22-15(12-25(13)18)19(26)21-14-7-8-17-16(11-14)24(20(27)28-17)10-9-23(2)3/h4-8,11-12H,9-10H2,1-3H3,(H,21,26). The van der Waals surface area contributed by atoms with Gasteiger partial charge in [0.1, 0.15) is 11.3 Å². The second-order valence-corrected chi connectivity index (χ2v) is 6.98. The number of nitrogens with zero attached hydrogens (tertiary/aromatic N) is 4. The fourth-order valence-corrected chi connectivity index (χ4v) is 3.10. The van der Waals surface area contributed by atoms with E-state index in [1.165, 1.54) is 0 Å². The first-order valence-corrected chi connectivity index (χ1v) is 8.96. The third-order valence-electron chi connectivity index (χ3n) is 4.62. The Morgan fingerprint density at radius 2 is 2.07 bits per heavy atom. The molecule has 4 aromatic rings. The maximum absolute atomic E-state index is 12.7. The lowest BCUT2D eigenvalue weighted by Crippen LogP contribution is -2.23. The summed E-state index contributed by atoms with van der Waals surface area (Å²) in [7, 11) is 3.88. The number of carbonyl (C=O) groups is 1. The van der Waals surface area contributed by atoms with Crippen LogP contribution < -0.4 is 11.1 Å². The van der Waals surface area contributed by atoms with E-state index in [-0.39, 0.29) is 5.91 Å². The van der Waals surface area contributed by atoms with Crippen molar-refractivity contribution >= 4 is 28.3 Å². The molecule has 0 aliphatic rings. The second-order valence-electron chi connectivity index (χ2n) is 6.98. The van der Waals surface area contributed by atoms with Gasteiger partial charge < -0.3 is 19.0 Å². The third kappa shape index (κ3) is 3.29. The number of aromatic nitrogens is 3. The van der Waals surface area contributed by atoms with E-state index in [0.717, 1.165) is 5.69 Å². The average molecular weight is 379 g/mol. The Kier molecular flexibility index (Phi) is 4.48. The van der Waals surface area contributed by atoms with Crippen molar-refractivity contribution in [2.45, 2.75) is 13.5 Å². The number of likely N-dealkylation sites (N-methyl/N-ethyl adjacent to an activating group) is 1. The lowest BCUT2D eigenvalue weighted by Gasteiger charge is -2.09. The van der Waals surface area contributed by atoms with E-state index >= 15 is 0 Å². The summed E-state index contributed by atoms with van der Waals surface area (Å²) in [5, 5.41) is 2.85. The van der Waals surface area contributed by atoms with Crippen molar-refractivity contribution in [3.63, 3.8) is 0 Å². The van der Waals surface area contributed by atoms with Gasteiger partial charge in [0.25, 0.3) is 5.91 Å². The molecule has 3 heterocycles. The number of fused-ring (bicyclic) bond motifs is 2. The zero-order chi connectivity index (χ0) is 19.8. The lowest BCUT2D eigenvalue weighted by atomic mass is 10.2. The van der Waals surface area contributed by atoms with Crippen LogP contribution in [-0.2, 0) is 6.54 Å². The molecule has 1 N–H and O–H groups in total. The van der Waals surface area contributed by atoms with Gasteiger partial charge >= 0.3 is 5.76 Å². The number of oxazole rings is 1. The highest BCUT2D eigenvalue weighted by molar-refractivity contribution is 6.04. The van der Waals surface area contributed by atoms with Crippen molar-refractivity contribution in [2.75, 3.05) is 26.0 Å². The monoisotopic (exact) mass is 379 g/mol. The van der Waals surface area contributed by atoms with E-state index in [1.807, 2.05) is 48.5 Å². The molecule has 1 amide bonds. The molecule has 0 radical (unpaired) electrons. The van der Waals surface area contributed by atoms with Gasteiger partial charge in [-0.05, 0) is 51.4 Å². The van der Waals surface area contributed by atoms with Crippen molar-refractivity contribution < 1.29 is 9.21 Å². The van der Waals surface area contributed by atoms with Gasteiger partial charge in [-0.1, -0.05) is 6.07 Å². The number of amides is 1. The minimum absolute atomic E-state index is 0.312. The topological polar surface area (TPSA) is 84.8 Å². The number of hydrogen-bond donors (Lipinski definition) is 1. The first-order chi connectivity index (χ1) is 13.4. The fourth-order valence-electron chi connectivity index (χ4n) is 3.10. The van der Waals surface area contributed by atoms with Crippen molar-refractivity contribution in [3.8, 4) is 0 Å². The smallest absolute Gasteiger partial charge is 0.408 e. The summed E-state index contributed by atoms with van der Waals surface area (Å²) in [6, 6.07) is 10.8. The van der Waals surface area contributed by atoms with Gasteiger partial charge in [-0.15, -0.1) is 0 Å². The van der Waals surface area contributed by atoms with Crippen LogP contribution in [0.1, 0.15) is 16.2 Å². The molecule has 0 aliphatic carbocycles. The molecular formula is C20H21N5O3. The molecule has 144 valence electrons. The molecule has 0 saturated heterocycles. The predicted octanol–water partition coefficient (Wildman–Crippen LogP) is 2.36. The number of aryl methyl sites for hydroxylation is 1. The van der Waals surface area contributed by atoms with Crippen molar-refractivity contribution in [3.05, 3.63) is 64.5 Å². The molecule has 0 aliphatic heterocycles. The maximum atomic E-state index is 12.7. The molecule has 0 unspecified atom stereocenters. The van der Waals surface area contributed by atoms with Crippen molar-refractivity contribution in [1.29, 1.82) is 0 Å². The third-order valence-corrected chi connectivity index (χ3v) is 4.62. The van der Waals surface area contributed by atoms with Crippen molar-refractivity contribution in [2.24, 2.45) is 0 Å². The number of pyridine rings is 1. The first kappa shape index (κ1) is 18.0. The van der Waals surface area contributed by atoms with Crippen LogP contribution in [0.3, 0.4) is 0 Å². The Hall–Kier alpha value is -3.39. The average Bonchev–Trinajstić information content (AvgIpc) is 3.21. The number of nitrogens with one attached hydrogen (secondary N) is 1. The van der Waals surface area contributed by atoms with Gasteiger partial charge in [-0.2, -0.15) is 0 Å². The Morgan fingerprint density at radius 1 is 1.25 bits per heavy atom. The molecule has 3 aromatic heterocycles. The molecule has 28 heavy (non-hydrogen) atoms. The molecule has 0 bridgehead atoms. The molecule has 0 atom stereocenters. The molecular weight excluding hydrogens is 358 g/mol. The number of anilines is 1. The molecule has 8 heteroatoms. The summed E-state index contributed by atoms with van der Waals surface area (Å²) in [6.45, 7) is 3.16. The number of rotatable bonds is 5. The minimum atomic E-state index is -0.406. The van der Waals surface area contributed by atoms with Gasteiger partial charge in [0, 0.05) is 30.7 Å². The Balaban J connectivity index is 1.63. The van der Waals surface area contributed by atoms with Gasteiger partial charge in [-0.25, -0.2) is 9.78 Å². The molecule has 4 rings (SSSR count). The summed E-state index contributed by atoms with van der Waals surface area (Å²) in [6.07, 6.45) is 1.71. The highest BCUT2D eigenvalue weighted by Gasteiger charge is 2.14. The van der Waals surface area contributed by atoms with E-state index in [0.29, 0.717) is 41.2 Å². The highest BCUT2D eigenvalue weighted by atomic mass is 16.4. The number of carbonyl (C=O) groups excluding carboxylic acids is 1. The van der Waals surface area contributed by atoms with Crippen LogP contribution in [0.5, 0.6) is 0 Å². The highest BCUT2D eigenvalue weighted by Crippen LogP contribution is 2.19. The first-order valence-electron chi connectivity index (χ1n) is 8.96. The molecule has 1 aromatic carbocycles. The Labute approximate surface area is 161 Å². The molecule has 0 spiro atoms.